The van der Waals surface area contributed by atoms with Crippen LogP contribution in [0.2, 0.25) is 0 Å². The Morgan fingerprint density at radius 1 is 1.08 bits per heavy atom. The molecule has 1 aromatic carbocycles. The molecule has 1 aromatic rings. The Bertz CT molecular complexity index is 646. The highest BCUT2D eigenvalue weighted by atomic mass is 32.2. The Labute approximate surface area is 151 Å². The van der Waals surface area contributed by atoms with E-state index in [4.69, 9.17) is 0 Å². The zero-order valence-electron chi connectivity index (χ0n) is 15.3. The van der Waals surface area contributed by atoms with E-state index >= 15 is 0 Å². The monoisotopic (exact) mass is 366 g/mol. The van der Waals surface area contributed by atoms with Gasteiger partial charge in [-0.15, -0.1) is 0 Å². The molecule has 0 radical (unpaired) electrons. The van der Waals surface area contributed by atoms with E-state index in [9.17, 15) is 13.2 Å². The molecule has 1 saturated carbocycles. The van der Waals surface area contributed by atoms with E-state index in [1.807, 2.05) is 0 Å². The maximum absolute atomic E-state index is 12.5. The summed E-state index contributed by atoms with van der Waals surface area (Å²) in [5, 5.41) is 2.86. The molecule has 2 rings (SSSR count). The van der Waals surface area contributed by atoms with Crippen LogP contribution in [0.1, 0.15) is 69.2 Å². The number of hydrogen-bond donors (Lipinski definition) is 2. The summed E-state index contributed by atoms with van der Waals surface area (Å²) in [4.78, 5) is 12.3. The maximum Gasteiger partial charge on any atom is 0.251 e. The fourth-order valence-corrected chi connectivity index (χ4v) is 4.35. The summed E-state index contributed by atoms with van der Waals surface area (Å²) in [6.45, 7) is 4.83. The molecular weight excluding hydrogens is 336 g/mol. The molecule has 25 heavy (non-hydrogen) atoms. The van der Waals surface area contributed by atoms with Gasteiger partial charge in [0.25, 0.3) is 5.91 Å². The van der Waals surface area contributed by atoms with E-state index in [-0.39, 0.29) is 16.8 Å². The van der Waals surface area contributed by atoms with Crippen LogP contribution in [0.4, 0.5) is 0 Å². The lowest BCUT2D eigenvalue weighted by Gasteiger charge is -2.16. The number of rotatable bonds is 7. The van der Waals surface area contributed by atoms with Crippen LogP contribution in [0.25, 0.3) is 0 Å². The Hall–Kier alpha value is -1.40. The van der Waals surface area contributed by atoms with Crippen molar-refractivity contribution in [1.82, 2.24) is 10.0 Å². The van der Waals surface area contributed by atoms with Gasteiger partial charge in [-0.3, -0.25) is 4.79 Å². The summed E-state index contributed by atoms with van der Waals surface area (Å²) in [5.74, 6) is 0.365. The van der Waals surface area contributed by atoms with Gasteiger partial charge in [0.1, 0.15) is 0 Å². The molecule has 0 aliphatic heterocycles. The number of benzene rings is 1. The van der Waals surface area contributed by atoms with Crippen molar-refractivity contribution in [1.29, 1.82) is 0 Å². The van der Waals surface area contributed by atoms with Crippen LogP contribution in [-0.4, -0.2) is 26.9 Å². The smallest absolute Gasteiger partial charge is 0.251 e. The van der Waals surface area contributed by atoms with Crippen molar-refractivity contribution >= 4 is 15.9 Å². The third kappa shape index (κ3) is 6.44. The Morgan fingerprint density at radius 2 is 1.68 bits per heavy atom. The second-order valence-corrected chi connectivity index (χ2v) is 8.99. The molecule has 5 nitrogen and oxygen atoms in total. The Kier molecular flexibility index (Phi) is 7.44. The highest BCUT2D eigenvalue weighted by Crippen LogP contribution is 2.20. The minimum absolute atomic E-state index is 0.0199. The molecule has 1 aliphatic rings. The second-order valence-electron chi connectivity index (χ2n) is 7.27. The highest BCUT2D eigenvalue weighted by Gasteiger charge is 2.21. The van der Waals surface area contributed by atoms with Crippen molar-refractivity contribution in [3.8, 4) is 0 Å². The number of nitrogens with one attached hydrogen (secondary N) is 2. The summed E-state index contributed by atoms with van der Waals surface area (Å²) in [7, 11) is -3.53. The minimum atomic E-state index is -3.53. The first-order valence-corrected chi connectivity index (χ1v) is 10.8. The first kappa shape index (κ1) is 19.9. The van der Waals surface area contributed by atoms with Crippen molar-refractivity contribution < 1.29 is 13.2 Å². The van der Waals surface area contributed by atoms with E-state index < -0.39 is 10.0 Å². The lowest BCUT2D eigenvalue weighted by molar-refractivity contribution is 0.0952. The van der Waals surface area contributed by atoms with Gasteiger partial charge in [0.05, 0.1) is 4.90 Å². The van der Waals surface area contributed by atoms with Crippen LogP contribution >= 0.6 is 0 Å². The molecular formula is C19H30N2O3S. The van der Waals surface area contributed by atoms with Gasteiger partial charge in [0.15, 0.2) is 0 Å². The van der Waals surface area contributed by atoms with Gasteiger partial charge < -0.3 is 5.32 Å². The van der Waals surface area contributed by atoms with Crippen molar-refractivity contribution in [2.75, 3.05) is 6.54 Å². The van der Waals surface area contributed by atoms with Crippen molar-refractivity contribution in [2.24, 2.45) is 5.92 Å². The van der Waals surface area contributed by atoms with Gasteiger partial charge in [-0.1, -0.05) is 39.5 Å². The third-order valence-electron chi connectivity index (χ3n) is 4.61. The molecule has 0 atom stereocenters. The van der Waals surface area contributed by atoms with Crippen LogP contribution in [0.15, 0.2) is 29.2 Å². The van der Waals surface area contributed by atoms with Crippen LogP contribution in [0.3, 0.4) is 0 Å². The lowest BCUT2D eigenvalue weighted by atomic mass is 10.1. The Balaban J connectivity index is 1.96. The molecule has 0 heterocycles. The second kappa shape index (κ2) is 9.34. The van der Waals surface area contributed by atoms with E-state index in [0.717, 1.165) is 32.1 Å². The predicted molar refractivity (Wildman–Crippen MR) is 100 cm³/mol. The summed E-state index contributed by atoms with van der Waals surface area (Å²) >= 11 is 0. The largest absolute Gasteiger partial charge is 0.352 e. The van der Waals surface area contributed by atoms with Crippen LogP contribution in [-0.2, 0) is 10.0 Å². The third-order valence-corrected chi connectivity index (χ3v) is 6.15. The standard InChI is InChI=1S/C19H30N2O3S/c1-15(2)13-14-20-19(22)16-9-11-18(12-10-16)25(23,24)21-17-7-5-3-4-6-8-17/h9-12,15,17,21H,3-8,13-14H2,1-2H3,(H,20,22). The molecule has 1 amide bonds. The number of hydrogen-bond acceptors (Lipinski definition) is 3. The molecule has 0 saturated heterocycles. The van der Waals surface area contributed by atoms with Gasteiger partial charge in [0, 0.05) is 18.2 Å². The summed E-state index contributed by atoms with van der Waals surface area (Å²) in [5.41, 5.74) is 0.483. The first-order valence-electron chi connectivity index (χ1n) is 9.29. The number of carbonyl (C=O) groups is 1. The number of sulfonamides is 1. The quantitative estimate of drug-likeness (QED) is 0.726. The van der Waals surface area contributed by atoms with E-state index in [1.165, 1.54) is 25.0 Å². The molecule has 2 N–H and O–H groups in total. The zero-order chi connectivity index (χ0) is 18.3. The summed E-state index contributed by atoms with van der Waals surface area (Å²) in [6.07, 6.45) is 7.22. The number of carbonyl (C=O) groups excluding carboxylic acids is 1. The van der Waals surface area contributed by atoms with Crippen LogP contribution in [0, 0.1) is 5.92 Å². The average Bonchev–Trinajstić information content (AvgIpc) is 2.82. The fourth-order valence-electron chi connectivity index (χ4n) is 3.05. The molecule has 1 fully saturated rings. The summed E-state index contributed by atoms with van der Waals surface area (Å²) < 4.78 is 27.9. The van der Waals surface area contributed by atoms with Gasteiger partial charge in [-0.25, -0.2) is 13.1 Å². The lowest BCUT2D eigenvalue weighted by Crippen LogP contribution is -2.34. The topological polar surface area (TPSA) is 75.3 Å². The molecule has 1 aliphatic carbocycles. The van der Waals surface area contributed by atoms with Crippen LogP contribution in [0.5, 0.6) is 0 Å². The van der Waals surface area contributed by atoms with Gasteiger partial charge in [-0.05, 0) is 49.4 Å². The van der Waals surface area contributed by atoms with Gasteiger partial charge >= 0.3 is 0 Å². The predicted octanol–water partition coefficient (Wildman–Crippen LogP) is 3.46. The van der Waals surface area contributed by atoms with Gasteiger partial charge in [-0.2, -0.15) is 0 Å². The first-order chi connectivity index (χ1) is 11.9. The highest BCUT2D eigenvalue weighted by molar-refractivity contribution is 7.89. The molecule has 6 heteroatoms. The maximum atomic E-state index is 12.5. The Morgan fingerprint density at radius 3 is 2.24 bits per heavy atom. The molecule has 0 bridgehead atoms. The molecule has 0 spiro atoms. The molecule has 0 aromatic heterocycles. The normalized spacial score (nSPS) is 16.6. The molecule has 140 valence electrons. The van der Waals surface area contributed by atoms with Gasteiger partial charge in [0.2, 0.25) is 10.0 Å². The zero-order valence-corrected chi connectivity index (χ0v) is 16.1. The van der Waals surface area contributed by atoms with E-state index in [0.29, 0.717) is 18.0 Å². The fraction of sp³-hybridized carbons (Fsp3) is 0.632. The van der Waals surface area contributed by atoms with Crippen molar-refractivity contribution in [3.05, 3.63) is 29.8 Å². The van der Waals surface area contributed by atoms with Crippen LogP contribution < -0.4 is 10.0 Å². The van der Waals surface area contributed by atoms with Crippen molar-refractivity contribution in [2.45, 2.75) is 69.7 Å². The average molecular weight is 367 g/mol. The summed E-state index contributed by atoms with van der Waals surface area (Å²) in [6, 6.07) is 6.19. The SMILES string of the molecule is CC(C)CCNC(=O)c1ccc(S(=O)(=O)NC2CCCCCC2)cc1. The molecule has 0 unspecified atom stereocenters. The van der Waals surface area contributed by atoms with Crippen molar-refractivity contribution in [3.63, 3.8) is 0 Å². The number of amides is 1. The van der Waals surface area contributed by atoms with E-state index in [1.54, 1.807) is 12.1 Å². The van der Waals surface area contributed by atoms with E-state index in [2.05, 4.69) is 23.9 Å². The minimum Gasteiger partial charge on any atom is -0.352 e.